The Morgan fingerprint density at radius 2 is 2.24 bits per heavy atom. The zero-order valence-corrected chi connectivity index (χ0v) is 15.1. The van der Waals surface area contributed by atoms with Crippen molar-refractivity contribution in [3.8, 4) is 0 Å². The van der Waals surface area contributed by atoms with Crippen LogP contribution in [-0.4, -0.2) is 50.9 Å². The number of aliphatic hydroxyl groups is 1. The molecule has 7 nitrogen and oxygen atoms in total. The molecule has 2 fully saturated rings. The van der Waals surface area contributed by atoms with Crippen LogP contribution in [-0.2, 0) is 22.5 Å². The Bertz CT molecular complexity index is 558. The molecule has 1 saturated carbocycles. The molecule has 140 valence electrons. The Morgan fingerprint density at radius 1 is 1.40 bits per heavy atom. The zero-order chi connectivity index (χ0) is 17.6. The fourth-order valence-corrected chi connectivity index (χ4v) is 3.57. The molecule has 0 spiro atoms. The summed E-state index contributed by atoms with van der Waals surface area (Å²) < 4.78 is 7.90. The van der Waals surface area contributed by atoms with E-state index in [-0.39, 0.29) is 36.7 Å². The number of aryl methyl sites for hydroxylation is 2. The number of hydrogen-bond acceptors (Lipinski definition) is 5. The number of carbonyl (C=O) groups excluding carboxylic acids is 1. The van der Waals surface area contributed by atoms with Crippen LogP contribution < -0.4 is 5.32 Å². The van der Waals surface area contributed by atoms with Crippen molar-refractivity contribution < 1.29 is 14.6 Å². The van der Waals surface area contributed by atoms with Crippen LogP contribution in [0.2, 0.25) is 0 Å². The van der Waals surface area contributed by atoms with Gasteiger partial charge in [0, 0.05) is 18.7 Å². The van der Waals surface area contributed by atoms with E-state index in [0.29, 0.717) is 0 Å². The van der Waals surface area contributed by atoms with Crippen molar-refractivity contribution in [2.24, 2.45) is 5.92 Å². The minimum atomic E-state index is -0.311. The zero-order valence-electron chi connectivity index (χ0n) is 15.1. The van der Waals surface area contributed by atoms with Crippen LogP contribution in [0.4, 0.5) is 0 Å². The highest BCUT2D eigenvalue weighted by atomic mass is 16.5. The highest BCUT2D eigenvalue weighted by Gasteiger charge is 2.34. The lowest BCUT2D eigenvalue weighted by Gasteiger charge is -2.37. The van der Waals surface area contributed by atoms with Gasteiger partial charge in [0.15, 0.2) is 0 Å². The first-order valence-corrected chi connectivity index (χ1v) is 9.65. The minimum Gasteiger partial charge on any atom is -0.394 e. The normalized spacial score (nSPS) is 27.0. The smallest absolute Gasteiger partial charge is 0.223 e. The lowest BCUT2D eigenvalue weighted by molar-refractivity contribution is -0.134. The van der Waals surface area contributed by atoms with Gasteiger partial charge in [0.25, 0.3) is 0 Å². The Morgan fingerprint density at radius 3 is 2.92 bits per heavy atom. The first kappa shape index (κ1) is 18.3. The molecule has 1 aliphatic carbocycles. The van der Waals surface area contributed by atoms with Crippen molar-refractivity contribution in [1.29, 1.82) is 0 Å². The Balaban J connectivity index is 1.44. The van der Waals surface area contributed by atoms with E-state index >= 15 is 0 Å². The summed E-state index contributed by atoms with van der Waals surface area (Å²) in [6.07, 6.45) is 9.51. The standard InChI is InChI=1S/C18H30N4O3/c1-2-4-14-11-22(21-20-14)10-9-15-7-8-16(17(12-23)25-15)19-18(24)13-5-3-6-13/h11,13,15-17,23H,2-10,12H2,1H3,(H,19,24)/t15-,16-,17+/m1/s1. The molecule has 1 aliphatic heterocycles. The van der Waals surface area contributed by atoms with E-state index in [0.717, 1.165) is 63.6 Å². The maximum atomic E-state index is 12.1. The van der Waals surface area contributed by atoms with Crippen molar-refractivity contribution in [1.82, 2.24) is 20.3 Å². The molecule has 1 amide bonds. The number of nitrogens with zero attached hydrogens (tertiary/aromatic N) is 3. The third-order valence-corrected chi connectivity index (χ3v) is 5.37. The van der Waals surface area contributed by atoms with E-state index < -0.39 is 0 Å². The van der Waals surface area contributed by atoms with E-state index in [1.54, 1.807) is 0 Å². The first-order chi connectivity index (χ1) is 12.2. The second-order valence-corrected chi connectivity index (χ2v) is 7.31. The van der Waals surface area contributed by atoms with Crippen LogP contribution in [0.1, 0.15) is 57.6 Å². The van der Waals surface area contributed by atoms with Crippen molar-refractivity contribution >= 4 is 5.91 Å². The number of amides is 1. The summed E-state index contributed by atoms with van der Waals surface area (Å²) >= 11 is 0. The Hall–Kier alpha value is -1.47. The average Bonchev–Trinajstić information content (AvgIpc) is 3.00. The van der Waals surface area contributed by atoms with E-state index in [1.165, 1.54) is 0 Å². The minimum absolute atomic E-state index is 0.0594. The predicted molar refractivity (Wildman–Crippen MR) is 92.9 cm³/mol. The summed E-state index contributed by atoms with van der Waals surface area (Å²) in [5.74, 6) is 0.296. The predicted octanol–water partition coefficient (Wildman–Crippen LogP) is 1.45. The number of rotatable bonds is 8. The molecule has 3 atom stereocenters. The van der Waals surface area contributed by atoms with Crippen LogP contribution in [0, 0.1) is 5.92 Å². The molecule has 25 heavy (non-hydrogen) atoms. The van der Waals surface area contributed by atoms with Gasteiger partial charge in [0.2, 0.25) is 5.91 Å². The Labute approximate surface area is 149 Å². The Kier molecular flexibility index (Phi) is 6.42. The van der Waals surface area contributed by atoms with Gasteiger partial charge < -0.3 is 15.2 Å². The molecular weight excluding hydrogens is 320 g/mol. The molecule has 1 saturated heterocycles. The summed E-state index contributed by atoms with van der Waals surface area (Å²) in [6, 6.07) is -0.0723. The number of carbonyl (C=O) groups is 1. The topological polar surface area (TPSA) is 89.3 Å². The van der Waals surface area contributed by atoms with Gasteiger partial charge in [-0.1, -0.05) is 25.0 Å². The number of nitrogens with one attached hydrogen (secondary N) is 1. The average molecular weight is 350 g/mol. The van der Waals surface area contributed by atoms with Gasteiger partial charge >= 0.3 is 0 Å². The summed E-state index contributed by atoms with van der Waals surface area (Å²) in [5.41, 5.74) is 1.03. The van der Waals surface area contributed by atoms with E-state index in [9.17, 15) is 9.90 Å². The SMILES string of the molecule is CCCc1cn(CC[C@H]2CC[C@@H](NC(=O)C3CCC3)[C@H](CO)O2)nn1. The molecule has 2 N–H and O–H groups in total. The van der Waals surface area contributed by atoms with Crippen LogP contribution in [0.5, 0.6) is 0 Å². The van der Waals surface area contributed by atoms with Crippen LogP contribution in [0.15, 0.2) is 6.20 Å². The summed E-state index contributed by atoms with van der Waals surface area (Å²) in [6.45, 7) is 2.83. The number of ether oxygens (including phenoxy) is 1. The van der Waals surface area contributed by atoms with Crippen LogP contribution in [0.25, 0.3) is 0 Å². The van der Waals surface area contributed by atoms with E-state index in [2.05, 4.69) is 22.6 Å². The van der Waals surface area contributed by atoms with Gasteiger partial charge in [-0.3, -0.25) is 9.48 Å². The van der Waals surface area contributed by atoms with Crippen molar-refractivity contribution in [3.05, 3.63) is 11.9 Å². The van der Waals surface area contributed by atoms with Gasteiger partial charge in [0.1, 0.15) is 6.10 Å². The molecule has 3 rings (SSSR count). The highest BCUT2D eigenvalue weighted by Crippen LogP contribution is 2.28. The summed E-state index contributed by atoms with van der Waals surface area (Å²) in [4.78, 5) is 12.1. The number of aromatic nitrogens is 3. The lowest BCUT2D eigenvalue weighted by Crippen LogP contribution is -2.52. The third-order valence-electron chi connectivity index (χ3n) is 5.37. The first-order valence-electron chi connectivity index (χ1n) is 9.65. The van der Waals surface area contributed by atoms with E-state index in [4.69, 9.17) is 4.74 Å². The quantitative estimate of drug-likeness (QED) is 0.741. The molecule has 7 heteroatoms. The molecular formula is C18H30N4O3. The maximum absolute atomic E-state index is 12.1. The summed E-state index contributed by atoms with van der Waals surface area (Å²) in [5, 5.41) is 21.0. The molecule has 2 heterocycles. The fraction of sp³-hybridized carbons (Fsp3) is 0.833. The largest absolute Gasteiger partial charge is 0.394 e. The molecule has 0 radical (unpaired) electrons. The van der Waals surface area contributed by atoms with Crippen molar-refractivity contribution in [3.63, 3.8) is 0 Å². The molecule has 2 aliphatic rings. The van der Waals surface area contributed by atoms with Crippen molar-refractivity contribution in [2.45, 2.75) is 83.1 Å². The molecule has 1 aromatic heterocycles. The maximum Gasteiger partial charge on any atom is 0.223 e. The molecule has 0 bridgehead atoms. The van der Waals surface area contributed by atoms with Gasteiger partial charge in [-0.25, -0.2) is 0 Å². The monoisotopic (exact) mass is 350 g/mol. The van der Waals surface area contributed by atoms with Crippen molar-refractivity contribution in [2.75, 3.05) is 6.61 Å². The second kappa shape index (κ2) is 8.76. The second-order valence-electron chi connectivity index (χ2n) is 7.31. The lowest BCUT2D eigenvalue weighted by atomic mass is 9.84. The van der Waals surface area contributed by atoms with Gasteiger partial charge in [-0.2, -0.15) is 0 Å². The fourth-order valence-electron chi connectivity index (χ4n) is 3.57. The van der Waals surface area contributed by atoms with Crippen LogP contribution >= 0.6 is 0 Å². The van der Waals surface area contributed by atoms with Gasteiger partial charge in [-0.15, -0.1) is 5.10 Å². The highest BCUT2D eigenvalue weighted by molar-refractivity contribution is 5.79. The molecule has 1 aromatic rings. The third kappa shape index (κ3) is 4.79. The van der Waals surface area contributed by atoms with E-state index in [1.807, 2.05) is 10.9 Å². The van der Waals surface area contributed by atoms with Gasteiger partial charge in [-0.05, 0) is 38.5 Å². The van der Waals surface area contributed by atoms with Gasteiger partial charge in [0.05, 0.1) is 24.4 Å². The number of aliphatic hydroxyl groups excluding tert-OH is 1. The van der Waals surface area contributed by atoms with Crippen LogP contribution in [0.3, 0.4) is 0 Å². The molecule has 0 aromatic carbocycles. The molecule has 0 unspecified atom stereocenters. The summed E-state index contributed by atoms with van der Waals surface area (Å²) in [7, 11) is 0. The number of hydrogen-bond donors (Lipinski definition) is 2.